The number of anilines is 1. The first-order valence-corrected chi connectivity index (χ1v) is 10.0. The maximum Gasteiger partial charge on any atom is 0.140 e. The molecule has 5 rings (SSSR count). The number of hydrogen-bond acceptors (Lipinski definition) is 6. The average molecular weight is 354 g/mol. The van der Waals surface area contributed by atoms with Crippen molar-refractivity contribution in [1.29, 1.82) is 0 Å². The Morgan fingerprint density at radius 3 is 3.00 bits per heavy atom. The highest BCUT2D eigenvalue weighted by Crippen LogP contribution is 2.39. The van der Waals surface area contributed by atoms with Crippen molar-refractivity contribution in [3.8, 4) is 0 Å². The van der Waals surface area contributed by atoms with Gasteiger partial charge in [-0.05, 0) is 38.2 Å². The summed E-state index contributed by atoms with van der Waals surface area (Å²) in [6, 6.07) is 2.90. The summed E-state index contributed by atoms with van der Waals surface area (Å²) in [6.45, 7) is 4.21. The van der Waals surface area contributed by atoms with Crippen molar-refractivity contribution in [2.45, 2.75) is 51.0 Å². The SMILES string of the molecule is CCc1cc2c(N3CCCC(c4nncn4C4CC4)C3)ncnc2s1. The fraction of sp³-hybridized carbons (Fsp3) is 0.556. The molecule has 0 bridgehead atoms. The van der Waals surface area contributed by atoms with Gasteiger partial charge >= 0.3 is 0 Å². The van der Waals surface area contributed by atoms with Crippen molar-refractivity contribution >= 4 is 27.4 Å². The van der Waals surface area contributed by atoms with E-state index in [1.54, 1.807) is 17.7 Å². The molecule has 1 saturated carbocycles. The summed E-state index contributed by atoms with van der Waals surface area (Å²) < 4.78 is 2.31. The van der Waals surface area contributed by atoms with Crippen LogP contribution in [-0.2, 0) is 6.42 Å². The van der Waals surface area contributed by atoms with E-state index < -0.39 is 0 Å². The van der Waals surface area contributed by atoms with Crippen LogP contribution in [0, 0.1) is 0 Å². The normalized spacial score (nSPS) is 21.2. The molecule has 1 aliphatic heterocycles. The maximum atomic E-state index is 4.64. The number of thiophene rings is 1. The number of piperidine rings is 1. The molecule has 130 valence electrons. The molecule has 1 atom stereocenters. The van der Waals surface area contributed by atoms with Crippen molar-refractivity contribution in [2.75, 3.05) is 18.0 Å². The monoisotopic (exact) mass is 354 g/mol. The summed E-state index contributed by atoms with van der Waals surface area (Å²) in [4.78, 5) is 14.0. The average Bonchev–Trinajstić information content (AvgIpc) is 3.22. The summed E-state index contributed by atoms with van der Waals surface area (Å²) in [7, 11) is 0. The quantitative estimate of drug-likeness (QED) is 0.717. The predicted molar refractivity (Wildman–Crippen MR) is 99.3 cm³/mol. The van der Waals surface area contributed by atoms with Crippen LogP contribution in [0.1, 0.15) is 55.3 Å². The molecule has 1 saturated heterocycles. The zero-order chi connectivity index (χ0) is 16.8. The maximum absolute atomic E-state index is 4.64. The number of rotatable bonds is 4. The lowest BCUT2D eigenvalue weighted by atomic mass is 9.97. The molecule has 0 radical (unpaired) electrons. The molecule has 3 aromatic rings. The van der Waals surface area contributed by atoms with E-state index in [1.165, 1.54) is 35.9 Å². The number of hydrogen-bond donors (Lipinski definition) is 0. The van der Waals surface area contributed by atoms with Crippen molar-refractivity contribution < 1.29 is 0 Å². The van der Waals surface area contributed by atoms with E-state index in [9.17, 15) is 0 Å². The van der Waals surface area contributed by atoms with Crippen LogP contribution in [0.2, 0.25) is 0 Å². The molecule has 2 fully saturated rings. The van der Waals surface area contributed by atoms with Crippen LogP contribution in [0.15, 0.2) is 18.7 Å². The summed E-state index contributed by atoms with van der Waals surface area (Å²) in [5.74, 6) is 2.69. The van der Waals surface area contributed by atoms with Gasteiger partial charge < -0.3 is 9.47 Å². The summed E-state index contributed by atoms with van der Waals surface area (Å²) >= 11 is 1.78. The first-order valence-electron chi connectivity index (χ1n) is 9.21. The molecule has 4 heterocycles. The van der Waals surface area contributed by atoms with Gasteiger partial charge in [0.15, 0.2) is 0 Å². The molecular formula is C18H22N6S. The standard InChI is InChI=1S/C18H22N6S/c1-2-14-8-15-17(19-10-20-18(15)25-14)23-7-3-4-12(9-23)16-22-21-11-24(16)13-5-6-13/h8,10-13H,2-7,9H2,1H3. The molecule has 2 aliphatic rings. The van der Waals surface area contributed by atoms with Crippen LogP contribution in [0.3, 0.4) is 0 Å². The first kappa shape index (κ1) is 15.3. The van der Waals surface area contributed by atoms with Gasteiger partial charge in [0, 0.05) is 29.9 Å². The molecular weight excluding hydrogens is 332 g/mol. The van der Waals surface area contributed by atoms with E-state index in [0.717, 1.165) is 36.0 Å². The van der Waals surface area contributed by atoms with Crippen LogP contribution in [0.4, 0.5) is 5.82 Å². The van der Waals surface area contributed by atoms with E-state index in [0.29, 0.717) is 12.0 Å². The van der Waals surface area contributed by atoms with Gasteiger partial charge in [0.2, 0.25) is 0 Å². The highest BCUT2D eigenvalue weighted by molar-refractivity contribution is 7.18. The molecule has 1 unspecified atom stereocenters. The molecule has 0 N–H and O–H groups in total. The summed E-state index contributed by atoms with van der Waals surface area (Å²) in [5.41, 5.74) is 0. The van der Waals surface area contributed by atoms with Crippen LogP contribution in [-0.4, -0.2) is 37.8 Å². The van der Waals surface area contributed by atoms with Crippen molar-refractivity contribution in [3.05, 3.63) is 29.4 Å². The van der Waals surface area contributed by atoms with E-state index >= 15 is 0 Å². The van der Waals surface area contributed by atoms with Gasteiger partial charge in [0.1, 0.15) is 29.1 Å². The van der Waals surface area contributed by atoms with E-state index in [1.807, 2.05) is 6.33 Å². The molecule has 0 aromatic carbocycles. The second kappa shape index (κ2) is 6.05. The molecule has 1 aliphatic carbocycles. The minimum atomic E-state index is 0.436. The van der Waals surface area contributed by atoms with Gasteiger partial charge in [-0.1, -0.05) is 6.92 Å². The first-order chi connectivity index (χ1) is 12.3. The van der Waals surface area contributed by atoms with E-state index in [-0.39, 0.29) is 0 Å². The van der Waals surface area contributed by atoms with Gasteiger partial charge in [-0.3, -0.25) is 0 Å². The van der Waals surface area contributed by atoms with Gasteiger partial charge in [0.25, 0.3) is 0 Å². The van der Waals surface area contributed by atoms with E-state index in [4.69, 9.17) is 0 Å². The minimum Gasteiger partial charge on any atom is -0.355 e. The Morgan fingerprint density at radius 2 is 2.16 bits per heavy atom. The Labute approximate surface area is 150 Å². The largest absolute Gasteiger partial charge is 0.355 e. The summed E-state index contributed by atoms with van der Waals surface area (Å²) in [6.07, 6.45) is 9.56. The van der Waals surface area contributed by atoms with Crippen molar-refractivity contribution in [3.63, 3.8) is 0 Å². The lowest BCUT2D eigenvalue weighted by Gasteiger charge is -2.33. The van der Waals surface area contributed by atoms with Gasteiger partial charge in [-0.25, -0.2) is 9.97 Å². The number of nitrogens with zero attached hydrogens (tertiary/aromatic N) is 6. The third kappa shape index (κ3) is 2.70. The Hall–Kier alpha value is -2.02. The fourth-order valence-corrected chi connectivity index (χ4v) is 4.81. The highest BCUT2D eigenvalue weighted by Gasteiger charge is 2.32. The van der Waals surface area contributed by atoms with Crippen LogP contribution in [0.5, 0.6) is 0 Å². The number of aromatic nitrogens is 5. The van der Waals surface area contributed by atoms with Gasteiger partial charge in [-0.15, -0.1) is 21.5 Å². The Morgan fingerprint density at radius 1 is 1.24 bits per heavy atom. The molecule has 25 heavy (non-hydrogen) atoms. The molecule has 6 nitrogen and oxygen atoms in total. The topological polar surface area (TPSA) is 59.7 Å². The predicted octanol–water partition coefficient (Wildman–Crippen LogP) is 3.56. The Balaban J connectivity index is 1.46. The molecule has 0 amide bonds. The number of fused-ring (bicyclic) bond motifs is 1. The highest BCUT2D eigenvalue weighted by atomic mass is 32.1. The Bertz CT molecular complexity index is 896. The molecule has 7 heteroatoms. The second-order valence-electron chi connectivity index (χ2n) is 7.10. The van der Waals surface area contributed by atoms with Crippen molar-refractivity contribution in [1.82, 2.24) is 24.7 Å². The fourth-order valence-electron chi connectivity index (χ4n) is 3.88. The molecule has 0 spiro atoms. The van der Waals surface area contributed by atoms with Gasteiger partial charge in [0.05, 0.1) is 5.39 Å². The van der Waals surface area contributed by atoms with Crippen LogP contribution >= 0.6 is 11.3 Å². The summed E-state index contributed by atoms with van der Waals surface area (Å²) in [5, 5.41) is 9.86. The van der Waals surface area contributed by atoms with Crippen LogP contribution in [0.25, 0.3) is 10.2 Å². The zero-order valence-electron chi connectivity index (χ0n) is 14.4. The zero-order valence-corrected chi connectivity index (χ0v) is 15.2. The van der Waals surface area contributed by atoms with Crippen molar-refractivity contribution in [2.24, 2.45) is 0 Å². The second-order valence-corrected chi connectivity index (χ2v) is 8.21. The minimum absolute atomic E-state index is 0.436. The van der Waals surface area contributed by atoms with E-state index in [2.05, 4.69) is 42.6 Å². The smallest absolute Gasteiger partial charge is 0.140 e. The lowest BCUT2D eigenvalue weighted by molar-refractivity contribution is 0.469. The third-order valence-electron chi connectivity index (χ3n) is 5.33. The third-order valence-corrected chi connectivity index (χ3v) is 6.52. The molecule has 3 aromatic heterocycles. The van der Waals surface area contributed by atoms with Crippen LogP contribution < -0.4 is 4.90 Å². The van der Waals surface area contributed by atoms with Gasteiger partial charge in [-0.2, -0.15) is 0 Å². The number of aryl methyl sites for hydroxylation is 1. The lowest BCUT2D eigenvalue weighted by Crippen LogP contribution is -2.36. The Kier molecular flexibility index (Phi) is 3.69.